The number of hydrogen-bond acceptors (Lipinski definition) is 9. The van der Waals surface area contributed by atoms with Crippen LogP contribution in [0.4, 0.5) is 17.3 Å². The molecule has 3 aliphatic rings. The van der Waals surface area contributed by atoms with Crippen LogP contribution in [0, 0.1) is 16.0 Å². The largest absolute Gasteiger partial charge is 0.454 e. The van der Waals surface area contributed by atoms with E-state index in [1.165, 1.54) is 19.2 Å². The van der Waals surface area contributed by atoms with E-state index in [0.717, 1.165) is 43.2 Å². The van der Waals surface area contributed by atoms with E-state index in [1.54, 1.807) is 0 Å². The van der Waals surface area contributed by atoms with Crippen LogP contribution in [0.3, 0.4) is 0 Å². The highest BCUT2D eigenvalue weighted by atomic mass is 16.7. The average Bonchev–Trinajstić information content (AvgIpc) is 3.47. The summed E-state index contributed by atoms with van der Waals surface area (Å²) in [6.45, 7) is 4.72. The van der Waals surface area contributed by atoms with Gasteiger partial charge >= 0.3 is 5.69 Å². The summed E-state index contributed by atoms with van der Waals surface area (Å²) in [5.74, 6) is 2.89. The van der Waals surface area contributed by atoms with Crippen LogP contribution in [0.15, 0.2) is 24.5 Å². The van der Waals surface area contributed by atoms with Crippen molar-refractivity contribution in [1.82, 2.24) is 14.9 Å². The highest BCUT2D eigenvalue weighted by Gasteiger charge is 2.30. The maximum Gasteiger partial charge on any atom is 0.353 e. The van der Waals surface area contributed by atoms with Crippen LogP contribution in [-0.4, -0.2) is 59.3 Å². The molecule has 0 spiro atoms. The Morgan fingerprint density at radius 1 is 1.13 bits per heavy atom. The third-order valence-electron chi connectivity index (χ3n) is 5.76. The van der Waals surface area contributed by atoms with E-state index in [2.05, 4.69) is 20.2 Å². The maximum absolute atomic E-state index is 11.8. The third kappa shape index (κ3) is 3.95. The van der Waals surface area contributed by atoms with Crippen molar-refractivity contribution in [2.75, 3.05) is 49.7 Å². The highest BCUT2D eigenvalue weighted by Crippen LogP contribution is 2.35. The van der Waals surface area contributed by atoms with E-state index in [9.17, 15) is 10.1 Å². The van der Waals surface area contributed by atoms with Crippen LogP contribution in [0.5, 0.6) is 11.5 Å². The summed E-state index contributed by atoms with van der Waals surface area (Å²) in [7, 11) is 0. The standard InChI is InChI=1S/C20H24N6O4/c27-26(28)18-19(21-10-14-1-2-14)22-12-23-20(18)25-7-5-24(6-8-25)11-15-3-4-16-17(9-15)30-13-29-16/h3-4,9,12,14H,1-2,5-8,10-11,13H2,(H,21,22,23). The van der Waals surface area contributed by atoms with Gasteiger partial charge in [-0.2, -0.15) is 0 Å². The molecular weight excluding hydrogens is 388 g/mol. The molecule has 0 atom stereocenters. The van der Waals surface area contributed by atoms with Crippen molar-refractivity contribution in [3.63, 3.8) is 0 Å². The van der Waals surface area contributed by atoms with Gasteiger partial charge in [0, 0.05) is 39.3 Å². The van der Waals surface area contributed by atoms with Crippen molar-refractivity contribution in [3.8, 4) is 11.5 Å². The third-order valence-corrected chi connectivity index (χ3v) is 5.76. The molecule has 158 valence electrons. The Labute approximate surface area is 174 Å². The van der Waals surface area contributed by atoms with Crippen molar-refractivity contribution < 1.29 is 14.4 Å². The van der Waals surface area contributed by atoms with Crippen LogP contribution in [0.1, 0.15) is 18.4 Å². The lowest BCUT2D eigenvalue weighted by atomic mass is 10.1. The first-order valence-corrected chi connectivity index (χ1v) is 10.3. The Morgan fingerprint density at radius 2 is 1.93 bits per heavy atom. The maximum atomic E-state index is 11.8. The lowest BCUT2D eigenvalue weighted by molar-refractivity contribution is -0.383. The van der Waals surface area contributed by atoms with E-state index in [-0.39, 0.29) is 17.4 Å². The number of anilines is 2. The van der Waals surface area contributed by atoms with Crippen molar-refractivity contribution in [1.29, 1.82) is 0 Å². The van der Waals surface area contributed by atoms with Crippen molar-refractivity contribution >= 4 is 17.3 Å². The van der Waals surface area contributed by atoms with Crippen LogP contribution < -0.4 is 19.7 Å². The number of fused-ring (bicyclic) bond motifs is 1. The van der Waals surface area contributed by atoms with Gasteiger partial charge in [0.15, 0.2) is 11.5 Å². The Kier molecular flexibility index (Phi) is 4.99. The van der Waals surface area contributed by atoms with Gasteiger partial charge in [0.05, 0.1) is 4.92 Å². The SMILES string of the molecule is O=[N+]([O-])c1c(NCC2CC2)ncnc1N1CCN(Cc2ccc3c(c2)OCO3)CC1. The lowest BCUT2D eigenvalue weighted by Crippen LogP contribution is -2.46. The molecule has 5 rings (SSSR count). The van der Waals surface area contributed by atoms with E-state index in [0.29, 0.717) is 30.6 Å². The summed E-state index contributed by atoms with van der Waals surface area (Å²) < 4.78 is 10.8. The monoisotopic (exact) mass is 412 g/mol. The molecule has 0 bridgehead atoms. The van der Waals surface area contributed by atoms with Crippen LogP contribution in [-0.2, 0) is 6.54 Å². The quantitative estimate of drug-likeness (QED) is 0.541. The topological polar surface area (TPSA) is 106 Å². The molecule has 3 heterocycles. The predicted octanol–water partition coefficient (Wildman–Crippen LogP) is 2.26. The predicted molar refractivity (Wildman–Crippen MR) is 110 cm³/mol. The first-order chi connectivity index (χ1) is 14.7. The smallest absolute Gasteiger partial charge is 0.353 e. The lowest BCUT2D eigenvalue weighted by Gasteiger charge is -2.35. The zero-order valence-electron chi connectivity index (χ0n) is 16.6. The Hall–Kier alpha value is -3.14. The number of benzene rings is 1. The van der Waals surface area contributed by atoms with Gasteiger partial charge in [0.2, 0.25) is 18.4 Å². The molecule has 0 radical (unpaired) electrons. The van der Waals surface area contributed by atoms with Crippen molar-refractivity contribution in [2.24, 2.45) is 5.92 Å². The normalized spacial score (nSPS) is 18.5. The number of nitrogens with one attached hydrogen (secondary N) is 1. The first kappa shape index (κ1) is 18.9. The number of rotatable bonds is 7. The van der Waals surface area contributed by atoms with Gasteiger partial charge < -0.3 is 19.7 Å². The van der Waals surface area contributed by atoms with Gasteiger partial charge in [0.25, 0.3) is 0 Å². The fraction of sp³-hybridized carbons (Fsp3) is 0.500. The fourth-order valence-electron chi connectivity index (χ4n) is 3.88. The van der Waals surface area contributed by atoms with Crippen LogP contribution in [0.2, 0.25) is 0 Å². The molecule has 1 aromatic carbocycles. The molecule has 2 aromatic rings. The molecule has 1 saturated heterocycles. The van der Waals surface area contributed by atoms with Gasteiger partial charge in [-0.3, -0.25) is 15.0 Å². The van der Waals surface area contributed by atoms with Gasteiger partial charge in [0.1, 0.15) is 6.33 Å². The van der Waals surface area contributed by atoms with E-state index < -0.39 is 0 Å². The zero-order chi connectivity index (χ0) is 20.5. The second kappa shape index (κ2) is 7.94. The van der Waals surface area contributed by atoms with Gasteiger partial charge in [-0.1, -0.05) is 6.07 Å². The Balaban J connectivity index is 1.24. The summed E-state index contributed by atoms with van der Waals surface area (Å²) in [5.41, 5.74) is 1.13. The summed E-state index contributed by atoms with van der Waals surface area (Å²) in [5, 5.41) is 14.9. The van der Waals surface area contributed by atoms with Crippen molar-refractivity contribution in [3.05, 3.63) is 40.2 Å². The molecule has 1 N–H and O–H groups in total. The zero-order valence-corrected chi connectivity index (χ0v) is 16.6. The summed E-state index contributed by atoms with van der Waals surface area (Å²) in [4.78, 5) is 24.1. The highest BCUT2D eigenvalue weighted by molar-refractivity contribution is 5.70. The molecule has 1 saturated carbocycles. The van der Waals surface area contributed by atoms with Gasteiger partial charge in [-0.25, -0.2) is 9.97 Å². The molecule has 10 heteroatoms. The summed E-state index contributed by atoms with van der Waals surface area (Å²) in [6, 6.07) is 6.00. The molecule has 2 aliphatic heterocycles. The number of nitro groups is 1. The molecule has 0 unspecified atom stereocenters. The van der Waals surface area contributed by atoms with Crippen LogP contribution in [0.25, 0.3) is 0 Å². The molecular formula is C20H24N6O4. The molecule has 1 aliphatic carbocycles. The second-order valence-corrected chi connectivity index (χ2v) is 7.93. The fourth-order valence-corrected chi connectivity index (χ4v) is 3.88. The van der Waals surface area contributed by atoms with Crippen molar-refractivity contribution in [2.45, 2.75) is 19.4 Å². The average molecular weight is 412 g/mol. The van der Waals surface area contributed by atoms with Gasteiger partial charge in [-0.05, 0) is 36.5 Å². The molecule has 1 aromatic heterocycles. The minimum atomic E-state index is -0.371. The molecule has 10 nitrogen and oxygen atoms in total. The molecule has 30 heavy (non-hydrogen) atoms. The number of piperazine rings is 1. The van der Waals surface area contributed by atoms with Crippen LogP contribution >= 0.6 is 0 Å². The number of hydrogen-bond donors (Lipinski definition) is 1. The van der Waals surface area contributed by atoms with E-state index >= 15 is 0 Å². The number of ether oxygens (including phenoxy) is 2. The number of nitrogens with zero attached hydrogens (tertiary/aromatic N) is 5. The summed E-state index contributed by atoms with van der Waals surface area (Å²) in [6.07, 6.45) is 3.75. The minimum absolute atomic E-state index is 0.0256. The van der Waals surface area contributed by atoms with Gasteiger partial charge in [-0.15, -0.1) is 0 Å². The van der Waals surface area contributed by atoms with E-state index in [4.69, 9.17) is 9.47 Å². The Bertz CT molecular complexity index is 943. The van der Waals surface area contributed by atoms with E-state index in [1.807, 2.05) is 23.1 Å². The minimum Gasteiger partial charge on any atom is -0.454 e. The number of aromatic nitrogens is 2. The first-order valence-electron chi connectivity index (χ1n) is 10.3. The molecule has 2 fully saturated rings. The molecule has 0 amide bonds. The Morgan fingerprint density at radius 3 is 2.70 bits per heavy atom. The summed E-state index contributed by atoms with van der Waals surface area (Å²) >= 11 is 0. The second-order valence-electron chi connectivity index (χ2n) is 7.93.